The van der Waals surface area contributed by atoms with Gasteiger partial charge >= 0.3 is 0 Å². The fraction of sp³-hybridized carbons (Fsp3) is 0.0909. The minimum Gasteiger partial charge on any atom is -0.506 e. The number of nitrogens with zero attached hydrogens (tertiary/aromatic N) is 1. The van der Waals surface area contributed by atoms with E-state index < -0.39 is 0 Å². The summed E-state index contributed by atoms with van der Waals surface area (Å²) in [7, 11) is 0. The summed E-state index contributed by atoms with van der Waals surface area (Å²) >= 11 is 0. The number of hydrogen-bond acceptors (Lipinski definition) is 3. The molecule has 0 aliphatic carbocycles. The van der Waals surface area contributed by atoms with Crippen LogP contribution in [0.5, 0.6) is 5.75 Å². The van der Waals surface area contributed by atoms with Crippen molar-refractivity contribution in [2.45, 2.75) is 6.92 Å². The monoisotopic (exact) mass is 187 g/mol. The van der Waals surface area contributed by atoms with Gasteiger partial charge in [-0.25, -0.2) is 4.98 Å². The highest BCUT2D eigenvalue weighted by atomic mass is 16.3. The Morgan fingerprint density at radius 3 is 2.79 bits per heavy atom. The number of fused-ring (bicyclic) bond motifs is 1. The zero-order valence-corrected chi connectivity index (χ0v) is 7.69. The topological polar surface area (TPSA) is 50.2 Å². The first-order valence-corrected chi connectivity index (χ1v) is 4.27. The molecule has 0 bridgehead atoms. The molecule has 3 nitrogen and oxygen atoms in total. The minimum atomic E-state index is 0.106. The van der Waals surface area contributed by atoms with Crippen molar-refractivity contribution < 1.29 is 9.90 Å². The maximum Gasteiger partial charge on any atom is 0.150 e. The number of benzene rings is 1. The molecule has 2 rings (SSSR count). The zero-order chi connectivity index (χ0) is 10.1. The van der Waals surface area contributed by atoms with Crippen LogP contribution in [-0.2, 0) is 0 Å². The van der Waals surface area contributed by atoms with Gasteiger partial charge in [-0.15, -0.1) is 0 Å². The Morgan fingerprint density at radius 1 is 1.29 bits per heavy atom. The molecule has 0 saturated heterocycles. The number of pyridine rings is 1. The summed E-state index contributed by atoms with van der Waals surface area (Å²) in [6.07, 6.45) is 0.763. The summed E-state index contributed by atoms with van der Waals surface area (Å²) in [6.45, 7) is 1.84. The third-order valence-corrected chi connectivity index (χ3v) is 2.14. The van der Waals surface area contributed by atoms with Crippen LogP contribution in [0, 0.1) is 6.92 Å². The predicted octanol–water partition coefficient (Wildman–Crippen LogP) is 2.06. The number of rotatable bonds is 1. The van der Waals surface area contributed by atoms with Crippen LogP contribution in [0.15, 0.2) is 24.3 Å². The first-order chi connectivity index (χ1) is 6.72. The molecule has 0 aliphatic rings. The van der Waals surface area contributed by atoms with Crippen LogP contribution in [0.1, 0.15) is 16.1 Å². The van der Waals surface area contributed by atoms with E-state index in [2.05, 4.69) is 4.98 Å². The van der Waals surface area contributed by atoms with Crippen molar-refractivity contribution in [2.24, 2.45) is 0 Å². The summed E-state index contributed by atoms with van der Waals surface area (Å²) in [5.41, 5.74) is 1.84. The minimum absolute atomic E-state index is 0.106. The highest BCUT2D eigenvalue weighted by Crippen LogP contribution is 2.25. The van der Waals surface area contributed by atoms with Crippen molar-refractivity contribution in [3.05, 3.63) is 35.5 Å². The van der Waals surface area contributed by atoms with Gasteiger partial charge in [-0.05, 0) is 25.1 Å². The third kappa shape index (κ3) is 1.23. The van der Waals surface area contributed by atoms with Gasteiger partial charge in [0.1, 0.15) is 11.3 Å². The van der Waals surface area contributed by atoms with Gasteiger partial charge in [0, 0.05) is 16.6 Å². The lowest BCUT2D eigenvalue weighted by atomic mass is 10.1. The van der Waals surface area contributed by atoms with Crippen LogP contribution in [0.25, 0.3) is 10.9 Å². The van der Waals surface area contributed by atoms with Crippen LogP contribution in [0.3, 0.4) is 0 Å². The highest BCUT2D eigenvalue weighted by Gasteiger charge is 2.05. The molecule has 14 heavy (non-hydrogen) atoms. The Hall–Kier alpha value is -1.90. The van der Waals surface area contributed by atoms with Crippen molar-refractivity contribution in [1.29, 1.82) is 0 Å². The van der Waals surface area contributed by atoms with E-state index in [1.54, 1.807) is 12.1 Å². The number of aromatic nitrogens is 1. The molecular weight excluding hydrogens is 178 g/mol. The van der Waals surface area contributed by atoms with E-state index in [9.17, 15) is 9.90 Å². The molecule has 3 heteroatoms. The average molecular weight is 187 g/mol. The molecule has 0 unspecified atom stereocenters. The number of carbonyl (C=O) groups excluding carboxylic acids is 1. The van der Waals surface area contributed by atoms with Crippen molar-refractivity contribution in [1.82, 2.24) is 4.98 Å². The number of phenolic OH excluding ortho intramolecular Hbond substituents is 1. The molecule has 1 N–H and O–H groups in total. The van der Waals surface area contributed by atoms with Crippen LogP contribution in [-0.4, -0.2) is 16.4 Å². The number of aryl methyl sites for hydroxylation is 1. The largest absolute Gasteiger partial charge is 0.506 e. The molecule has 70 valence electrons. The van der Waals surface area contributed by atoms with Crippen molar-refractivity contribution in [3.8, 4) is 5.75 Å². The standard InChI is InChI=1S/C11H9NO2/c1-7-2-4-9-8(6-13)3-5-10(14)11(9)12-7/h2-6,14H,1H3. The van der Waals surface area contributed by atoms with Gasteiger partial charge in [-0.3, -0.25) is 4.79 Å². The SMILES string of the molecule is Cc1ccc2c(C=O)ccc(O)c2n1. The Kier molecular flexibility index (Phi) is 1.93. The van der Waals surface area contributed by atoms with E-state index in [0.717, 1.165) is 12.0 Å². The van der Waals surface area contributed by atoms with Crippen molar-refractivity contribution in [3.63, 3.8) is 0 Å². The molecule has 0 saturated carbocycles. The number of phenols is 1. The molecule has 0 spiro atoms. The molecule has 1 aromatic heterocycles. The quantitative estimate of drug-likeness (QED) is 0.695. The average Bonchev–Trinajstić information content (AvgIpc) is 2.19. The van der Waals surface area contributed by atoms with Crippen LogP contribution < -0.4 is 0 Å². The van der Waals surface area contributed by atoms with Gasteiger partial charge in [0.15, 0.2) is 6.29 Å². The maximum atomic E-state index is 10.7. The smallest absolute Gasteiger partial charge is 0.150 e. The van der Waals surface area contributed by atoms with Crippen molar-refractivity contribution >= 4 is 17.2 Å². The van der Waals surface area contributed by atoms with Gasteiger partial charge in [0.25, 0.3) is 0 Å². The second-order valence-electron chi connectivity index (χ2n) is 3.14. The normalized spacial score (nSPS) is 10.4. The van der Waals surface area contributed by atoms with E-state index in [1.807, 2.05) is 13.0 Å². The number of hydrogen-bond donors (Lipinski definition) is 1. The van der Waals surface area contributed by atoms with E-state index >= 15 is 0 Å². The van der Waals surface area contributed by atoms with E-state index in [-0.39, 0.29) is 5.75 Å². The number of aromatic hydroxyl groups is 1. The zero-order valence-electron chi connectivity index (χ0n) is 7.69. The summed E-state index contributed by atoms with van der Waals surface area (Å²) in [4.78, 5) is 14.9. The summed E-state index contributed by atoms with van der Waals surface area (Å²) in [5, 5.41) is 10.2. The lowest BCUT2D eigenvalue weighted by molar-refractivity contribution is 0.112. The number of aldehydes is 1. The Balaban J connectivity index is 2.91. The lowest BCUT2D eigenvalue weighted by Crippen LogP contribution is -1.88. The van der Waals surface area contributed by atoms with E-state index in [1.165, 1.54) is 6.07 Å². The maximum absolute atomic E-state index is 10.7. The highest BCUT2D eigenvalue weighted by molar-refractivity contribution is 5.98. The van der Waals surface area contributed by atoms with Gasteiger partial charge in [-0.1, -0.05) is 6.07 Å². The molecule has 0 aliphatic heterocycles. The van der Waals surface area contributed by atoms with Gasteiger partial charge in [-0.2, -0.15) is 0 Å². The first-order valence-electron chi connectivity index (χ1n) is 4.27. The van der Waals surface area contributed by atoms with E-state index in [4.69, 9.17) is 0 Å². The Labute approximate surface area is 81.0 Å². The second-order valence-corrected chi connectivity index (χ2v) is 3.14. The molecule has 1 heterocycles. The molecule has 0 fully saturated rings. The van der Waals surface area contributed by atoms with Crippen LogP contribution in [0.4, 0.5) is 0 Å². The summed E-state index contributed by atoms with van der Waals surface area (Å²) < 4.78 is 0. The Bertz CT molecular complexity index is 506. The molecule has 2 aromatic rings. The fourth-order valence-corrected chi connectivity index (χ4v) is 1.43. The first kappa shape index (κ1) is 8.69. The van der Waals surface area contributed by atoms with Crippen molar-refractivity contribution in [2.75, 3.05) is 0 Å². The molecule has 0 atom stereocenters. The fourth-order valence-electron chi connectivity index (χ4n) is 1.43. The lowest BCUT2D eigenvalue weighted by Gasteiger charge is -2.03. The second kappa shape index (κ2) is 3.10. The molecule has 0 radical (unpaired) electrons. The molecule has 0 amide bonds. The molecule has 1 aromatic carbocycles. The van der Waals surface area contributed by atoms with Crippen LogP contribution in [0.2, 0.25) is 0 Å². The molecular formula is C11H9NO2. The van der Waals surface area contributed by atoms with E-state index in [0.29, 0.717) is 16.5 Å². The summed E-state index contributed by atoms with van der Waals surface area (Å²) in [6, 6.07) is 6.68. The predicted molar refractivity (Wildman–Crippen MR) is 53.5 cm³/mol. The number of carbonyl (C=O) groups is 1. The van der Waals surface area contributed by atoms with Gasteiger partial charge in [0.2, 0.25) is 0 Å². The van der Waals surface area contributed by atoms with Crippen LogP contribution >= 0.6 is 0 Å². The Morgan fingerprint density at radius 2 is 2.07 bits per heavy atom. The third-order valence-electron chi connectivity index (χ3n) is 2.14. The van der Waals surface area contributed by atoms with Gasteiger partial charge in [0.05, 0.1) is 0 Å². The van der Waals surface area contributed by atoms with Gasteiger partial charge < -0.3 is 5.11 Å². The summed E-state index contributed by atoms with van der Waals surface area (Å²) in [5.74, 6) is 0.106.